The molecular weight excluding hydrogens is 172 g/mol. The van der Waals surface area contributed by atoms with E-state index in [2.05, 4.69) is 47.8 Å². The molecule has 0 radical (unpaired) electrons. The molecule has 0 fully saturated rings. The molecule has 0 spiro atoms. The fourth-order valence-electron chi connectivity index (χ4n) is 2.02. The molecule has 1 heterocycles. The first-order valence-corrected chi connectivity index (χ1v) is 5.29. The average molecular weight is 189 g/mol. The maximum absolute atomic E-state index is 4.63. The van der Waals surface area contributed by atoms with E-state index < -0.39 is 0 Å². The number of rotatable bonds is 1. The van der Waals surface area contributed by atoms with Crippen molar-refractivity contribution in [2.45, 2.75) is 25.8 Å². The number of hydrogen-bond acceptors (Lipinski definition) is 1. The van der Waals surface area contributed by atoms with Gasteiger partial charge in [-0.1, -0.05) is 25.2 Å². The Kier molecular flexibility index (Phi) is 2.62. The van der Waals surface area contributed by atoms with Crippen molar-refractivity contribution in [3.63, 3.8) is 0 Å². The van der Waals surface area contributed by atoms with Gasteiger partial charge in [0, 0.05) is 6.42 Å². The Labute approximate surface area is 85.4 Å². The lowest BCUT2D eigenvalue weighted by atomic mass is 10.1. The van der Waals surface area contributed by atoms with Gasteiger partial charge in [0.05, 0.1) is 6.42 Å². The summed E-state index contributed by atoms with van der Waals surface area (Å²) in [6.07, 6.45) is 10.7. The predicted octanol–water partition coefficient (Wildman–Crippen LogP) is 1.82. The summed E-state index contributed by atoms with van der Waals surface area (Å²) in [6.45, 7) is 3.17. The lowest BCUT2D eigenvalue weighted by molar-refractivity contribution is -0.536. The summed E-state index contributed by atoms with van der Waals surface area (Å²) in [6, 6.07) is 0.591. The Morgan fingerprint density at radius 1 is 1.50 bits per heavy atom. The van der Waals surface area contributed by atoms with Crippen molar-refractivity contribution in [1.82, 2.24) is 0 Å². The minimum absolute atomic E-state index is 0.591. The number of hydrogen-bond donors (Lipinski definition) is 0. The Morgan fingerprint density at radius 3 is 3.14 bits per heavy atom. The highest BCUT2D eigenvalue weighted by molar-refractivity contribution is 6.45. The summed E-state index contributed by atoms with van der Waals surface area (Å²) < 4.78 is 2.39. The number of nitrogens with zero attached hydrogens (tertiary/aromatic N) is 2. The van der Waals surface area contributed by atoms with Crippen LogP contribution < -0.4 is 0 Å². The van der Waals surface area contributed by atoms with Crippen LogP contribution in [-0.4, -0.2) is 35.6 Å². The molecule has 2 nitrogen and oxygen atoms in total. The third kappa shape index (κ3) is 1.57. The van der Waals surface area contributed by atoms with Gasteiger partial charge in [-0.15, -0.1) is 0 Å². The number of likely N-dealkylation sites (N-methyl/N-ethyl adjacent to an activating group) is 1. The molecule has 0 aromatic heterocycles. The van der Waals surface area contributed by atoms with E-state index in [9.17, 15) is 0 Å². The first-order valence-electron chi connectivity index (χ1n) is 5.29. The quantitative estimate of drug-likeness (QED) is 0.559. The van der Waals surface area contributed by atoms with Crippen LogP contribution in [0, 0.1) is 0 Å². The van der Waals surface area contributed by atoms with Gasteiger partial charge in [0.25, 0.3) is 0 Å². The molecule has 0 amide bonds. The van der Waals surface area contributed by atoms with E-state index in [1.165, 1.54) is 17.8 Å². The van der Waals surface area contributed by atoms with E-state index in [0.717, 1.165) is 13.0 Å². The Balaban J connectivity index is 2.37. The van der Waals surface area contributed by atoms with Crippen LogP contribution in [0.5, 0.6) is 0 Å². The lowest BCUT2D eigenvalue weighted by Gasteiger charge is -2.17. The fourth-order valence-corrected chi connectivity index (χ4v) is 2.02. The first kappa shape index (κ1) is 9.38. The Hall–Kier alpha value is -1.18. The van der Waals surface area contributed by atoms with Gasteiger partial charge in [-0.3, -0.25) is 4.99 Å². The van der Waals surface area contributed by atoms with E-state index in [-0.39, 0.29) is 0 Å². The van der Waals surface area contributed by atoms with E-state index >= 15 is 0 Å². The minimum Gasteiger partial charge on any atom is -0.272 e. The highest BCUT2D eigenvalue weighted by Crippen LogP contribution is 2.10. The summed E-state index contributed by atoms with van der Waals surface area (Å²) in [7, 11) is 2.19. The van der Waals surface area contributed by atoms with Gasteiger partial charge in [0.15, 0.2) is 6.04 Å². The van der Waals surface area contributed by atoms with Gasteiger partial charge in [0.1, 0.15) is 19.3 Å². The lowest BCUT2D eigenvalue weighted by Crippen LogP contribution is -2.38. The molecule has 0 aromatic carbocycles. The van der Waals surface area contributed by atoms with Crippen molar-refractivity contribution in [2.75, 3.05) is 13.6 Å². The van der Waals surface area contributed by atoms with Crippen molar-refractivity contribution in [1.29, 1.82) is 0 Å². The SMILES string of the molecule is CCC1CN=C2C=CC=CCC2=[N+]1C. The number of fused-ring (bicyclic) bond motifs is 1. The maximum atomic E-state index is 4.63. The molecule has 0 saturated heterocycles. The van der Waals surface area contributed by atoms with Gasteiger partial charge in [-0.25, -0.2) is 4.58 Å². The Morgan fingerprint density at radius 2 is 2.36 bits per heavy atom. The first-order chi connectivity index (χ1) is 6.83. The Bertz CT molecular complexity index is 345. The average Bonchev–Trinajstić information content (AvgIpc) is 2.44. The molecule has 0 saturated carbocycles. The molecule has 74 valence electrons. The number of allylic oxidation sites excluding steroid dienone is 4. The molecule has 0 bridgehead atoms. The number of aliphatic imine (C=N–C) groups is 1. The van der Waals surface area contributed by atoms with Crippen LogP contribution in [-0.2, 0) is 0 Å². The molecule has 14 heavy (non-hydrogen) atoms. The van der Waals surface area contributed by atoms with Crippen molar-refractivity contribution >= 4 is 11.4 Å². The highest BCUT2D eigenvalue weighted by atomic mass is 15.1. The second-order valence-corrected chi connectivity index (χ2v) is 3.84. The molecule has 1 unspecified atom stereocenters. The fraction of sp³-hybridized carbons (Fsp3) is 0.500. The second-order valence-electron chi connectivity index (χ2n) is 3.84. The van der Waals surface area contributed by atoms with Gasteiger partial charge in [0.2, 0.25) is 5.71 Å². The summed E-state index contributed by atoms with van der Waals surface area (Å²) in [4.78, 5) is 4.63. The van der Waals surface area contributed by atoms with Crippen LogP contribution in [0.3, 0.4) is 0 Å². The van der Waals surface area contributed by atoms with Crippen molar-refractivity contribution in [3.8, 4) is 0 Å². The monoisotopic (exact) mass is 189 g/mol. The zero-order valence-corrected chi connectivity index (χ0v) is 8.90. The molecular formula is C12H17N2+. The summed E-state index contributed by atoms with van der Waals surface area (Å²) >= 11 is 0. The van der Waals surface area contributed by atoms with Crippen LogP contribution >= 0.6 is 0 Å². The molecule has 2 heteroatoms. The van der Waals surface area contributed by atoms with Gasteiger partial charge in [-0.05, 0) is 6.08 Å². The van der Waals surface area contributed by atoms with Crippen LogP contribution in [0.15, 0.2) is 29.3 Å². The smallest absolute Gasteiger partial charge is 0.205 e. The van der Waals surface area contributed by atoms with E-state index in [1.54, 1.807) is 0 Å². The van der Waals surface area contributed by atoms with Crippen LogP contribution in [0.4, 0.5) is 0 Å². The van der Waals surface area contributed by atoms with Crippen LogP contribution in [0.25, 0.3) is 0 Å². The molecule has 0 aromatic rings. The summed E-state index contributed by atoms with van der Waals surface area (Å²) in [5.74, 6) is 0. The van der Waals surface area contributed by atoms with Gasteiger partial charge < -0.3 is 0 Å². The second kappa shape index (κ2) is 3.91. The third-order valence-electron chi connectivity index (χ3n) is 3.03. The molecule has 1 atom stereocenters. The standard InChI is InChI=1S/C12H17N2/c1-3-10-9-13-11-7-5-4-6-8-12(11)14(10)2/h4-7,10H,3,8-9H2,1-2H3/q+1. The van der Waals surface area contributed by atoms with Crippen molar-refractivity contribution in [2.24, 2.45) is 4.99 Å². The van der Waals surface area contributed by atoms with Crippen molar-refractivity contribution in [3.05, 3.63) is 24.3 Å². The predicted molar refractivity (Wildman–Crippen MR) is 60.5 cm³/mol. The third-order valence-corrected chi connectivity index (χ3v) is 3.03. The molecule has 0 N–H and O–H groups in total. The van der Waals surface area contributed by atoms with Crippen LogP contribution in [0.2, 0.25) is 0 Å². The van der Waals surface area contributed by atoms with Gasteiger partial charge >= 0.3 is 0 Å². The van der Waals surface area contributed by atoms with E-state index in [1.807, 2.05) is 0 Å². The van der Waals surface area contributed by atoms with Gasteiger partial charge in [-0.2, -0.15) is 0 Å². The molecule has 2 rings (SSSR count). The summed E-state index contributed by atoms with van der Waals surface area (Å²) in [5, 5.41) is 0. The molecule has 1 aliphatic heterocycles. The highest BCUT2D eigenvalue weighted by Gasteiger charge is 2.26. The minimum atomic E-state index is 0.591. The zero-order chi connectivity index (χ0) is 9.97. The van der Waals surface area contributed by atoms with E-state index in [4.69, 9.17) is 0 Å². The molecule has 2 aliphatic rings. The zero-order valence-electron chi connectivity index (χ0n) is 8.90. The van der Waals surface area contributed by atoms with Crippen LogP contribution in [0.1, 0.15) is 19.8 Å². The summed E-state index contributed by atoms with van der Waals surface area (Å²) in [5.41, 5.74) is 2.54. The largest absolute Gasteiger partial charge is 0.272 e. The van der Waals surface area contributed by atoms with E-state index in [0.29, 0.717) is 6.04 Å². The van der Waals surface area contributed by atoms with Crippen molar-refractivity contribution < 1.29 is 4.58 Å². The normalized spacial score (nSPS) is 25.9. The maximum Gasteiger partial charge on any atom is 0.205 e. The topological polar surface area (TPSA) is 15.4 Å². The molecule has 1 aliphatic carbocycles.